The molecule has 0 bridgehead atoms. The minimum atomic E-state index is -0.680. The fourth-order valence-electron chi connectivity index (χ4n) is 4.35. The van der Waals surface area contributed by atoms with Gasteiger partial charge < -0.3 is 14.8 Å². The van der Waals surface area contributed by atoms with E-state index in [9.17, 15) is 9.59 Å². The summed E-state index contributed by atoms with van der Waals surface area (Å²) in [5, 5.41) is 12.5. The Balaban J connectivity index is 1.42. The third kappa shape index (κ3) is 5.85. The van der Waals surface area contributed by atoms with E-state index in [1.54, 1.807) is 43.7 Å². The maximum Gasteiger partial charge on any atom is 0.263 e. The molecule has 1 atom stereocenters. The van der Waals surface area contributed by atoms with Crippen LogP contribution in [0.1, 0.15) is 42.9 Å². The normalized spacial score (nSPS) is 11.4. The molecule has 0 aliphatic heterocycles. The number of Topliss-reactive ketones (excluding diaryl/α,β-unsaturated/α-hetero) is 1. The molecule has 0 saturated carbocycles. The second-order valence-electron chi connectivity index (χ2n) is 9.50. The van der Waals surface area contributed by atoms with Crippen LogP contribution in [0.25, 0.3) is 10.4 Å². The molecule has 1 N–H and O–H groups in total. The number of aromatic nitrogens is 2. The maximum absolute atomic E-state index is 13.8. The molecule has 0 aliphatic carbocycles. The van der Waals surface area contributed by atoms with Crippen LogP contribution in [0.5, 0.6) is 0 Å². The van der Waals surface area contributed by atoms with Crippen LogP contribution < -0.4 is 5.32 Å². The summed E-state index contributed by atoms with van der Waals surface area (Å²) in [5.41, 5.74) is 4.69. The molecule has 5 rings (SSSR count). The maximum atomic E-state index is 13.8. The Morgan fingerprint density at radius 3 is 2.38 bits per heavy atom. The number of nitrogens with one attached hydrogen (secondary N) is 1. The van der Waals surface area contributed by atoms with Gasteiger partial charge in [-0.25, -0.2) is 4.98 Å². The molecule has 0 saturated heterocycles. The smallest absolute Gasteiger partial charge is 0.263 e. The van der Waals surface area contributed by atoms with Crippen molar-refractivity contribution in [2.75, 3.05) is 19.4 Å². The van der Waals surface area contributed by atoms with Crippen LogP contribution in [0.3, 0.4) is 0 Å². The monoisotopic (exact) mass is 545 g/mol. The Labute approximate surface area is 237 Å². The van der Waals surface area contributed by atoms with Gasteiger partial charge in [-0.1, -0.05) is 54.6 Å². The molecule has 5 aromatic rings. The first-order valence-corrected chi connectivity index (χ1v) is 13.5. The van der Waals surface area contributed by atoms with Crippen molar-refractivity contribution in [3.63, 3.8) is 0 Å². The van der Waals surface area contributed by atoms with E-state index >= 15 is 0 Å². The van der Waals surface area contributed by atoms with Crippen molar-refractivity contribution < 1.29 is 9.59 Å². The molecular formula is C32H27N5O2S. The Bertz CT molecular complexity index is 1660. The highest BCUT2D eigenvalue weighted by Crippen LogP contribution is 2.31. The third-order valence-corrected chi connectivity index (χ3v) is 7.62. The summed E-state index contributed by atoms with van der Waals surface area (Å²) in [6.45, 7) is 0.507. The summed E-state index contributed by atoms with van der Waals surface area (Å²) in [7, 11) is 3.48. The van der Waals surface area contributed by atoms with Crippen LogP contribution >= 0.6 is 11.3 Å². The molecule has 8 heteroatoms. The second-order valence-corrected chi connectivity index (χ2v) is 10.6. The third-order valence-electron chi connectivity index (χ3n) is 6.50. The lowest BCUT2D eigenvalue weighted by molar-refractivity contribution is 0.0832. The van der Waals surface area contributed by atoms with Crippen LogP contribution in [0.2, 0.25) is 0 Å². The van der Waals surface area contributed by atoms with E-state index < -0.39 is 6.04 Å². The Hall–Kier alpha value is -5.00. The summed E-state index contributed by atoms with van der Waals surface area (Å²) >= 11 is 1.45. The largest absolute Gasteiger partial charge is 0.370 e. The first kappa shape index (κ1) is 26.6. The highest BCUT2D eigenvalue weighted by atomic mass is 32.1. The number of anilines is 1. The van der Waals surface area contributed by atoms with E-state index in [4.69, 9.17) is 5.26 Å². The van der Waals surface area contributed by atoms with Gasteiger partial charge in [-0.05, 0) is 47.5 Å². The van der Waals surface area contributed by atoms with Crippen LogP contribution in [0, 0.1) is 11.3 Å². The van der Waals surface area contributed by atoms with Gasteiger partial charge in [-0.3, -0.25) is 9.59 Å². The quantitative estimate of drug-likeness (QED) is 0.221. The zero-order valence-electron chi connectivity index (χ0n) is 22.1. The first-order valence-electron chi connectivity index (χ1n) is 12.7. The number of amides is 1. The molecular weight excluding hydrogens is 518 g/mol. The van der Waals surface area contributed by atoms with Gasteiger partial charge in [-0.15, -0.1) is 11.3 Å². The molecule has 0 fully saturated rings. The molecule has 2 heterocycles. The molecule has 1 unspecified atom stereocenters. The summed E-state index contributed by atoms with van der Waals surface area (Å²) < 4.78 is 1.95. The lowest BCUT2D eigenvalue weighted by Crippen LogP contribution is -2.24. The van der Waals surface area contributed by atoms with Crippen molar-refractivity contribution in [2.45, 2.75) is 12.6 Å². The molecule has 40 heavy (non-hydrogen) atoms. The molecule has 1 amide bonds. The molecule has 0 spiro atoms. The Kier molecular flexibility index (Phi) is 7.85. The van der Waals surface area contributed by atoms with Gasteiger partial charge in [0.05, 0.1) is 34.7 Å². The van der Waals surface area contributed by atoms with E-state index in [-0.39, 0.29) is 11.7 Å². The molecule has 2 aromatic heterocycles. The van der Waals surface area contributed by atoms with Crippen molar-refractivity contribution >= 4 is 28.7 Å². The lowest BCUT2D eigenvalue weighted by Gasteiger charge is -2.21. The van der Waals surface area contributed by atoms with Gasteiger partial charge in [0, 0.05) is 36.8 Å². The van der Waals surface area contributed by atoms with E-state index in [1.165, 1.54) is 11.3 Å². The number of imidazole rings is 1. The van der Waals surface area contributed by atoms with Crippen LogP contribution in [0.15, 0.2) is 104 Å². The van der Waals surface area contributed by atoms with E-state index in [0.717, 1.165) is 27.4 Å². The van der Waals surface area contributed by atoms with Gasteiger partial charge in [-0.2, -0.15) is 5.26 Å². The number of carbonyl (C=O) groups excluding carboxylic acids is 2. The summed E-state index contributed by atoms with van der Waals surface area (Å²) in [6.07, 6.45) is 3.43. The van der Waals surface area contributed by atoms with Crippen LogP contribution in [-0.4, -0.2) is 40.2 Å². The number of hydrogen-bond donors (Lipinski definition) is 1. The Morgan fingerprint density at radius 2 is 1.70 bits per heavy atom. The van der Waals surface area contributed by atoms with Gasteiger partial charge in [0.2, 0.25) is 0 Å². The number of benzene rings is 3. The number of carbonyl (C=O) groups is 2. The SMILES string of the molecule is CN(C)C(=O)c1ccc(-c2ccc(NC(C(=O)c3ccccc3)c3cncn3Cc3ccc(C#N)cc3)cc2)s1. The molecule has 0 radical (unpaired) electrons. The van der Waals surface area contributed by atoms with E-state index in [1.807, 2.05) is 83.4 Å². The minimum absolute atomic E-state index is 0.0191. The Morgan fingerprint density at radius 1 is 0.975 bits per heavy atom. The number of hydrogen-bond acceptors (Lipinski definition) is 6. The van der Waals surface area contributed by atoms with Crippen molar-refractivity contribution in [1.29, 1.82) is 5.26 Å². The van der Waals surface area contributed by atoms with Crippen molar-refractivity contribution in [2.24, 2.45) is 0 Å². The number of rotatable bonds is 9. The van der Waals surface area contributed by atoms with Crippen molar-refractivity contribution in [1.82, 2.24) is 14.5 Å². The summed E-state index contributed by atoms with van der Waals surface area (Å²) in [4.78, 5) is 33.7. The predicted molar refractivity (Wildman–Crippen MR) is 157 cm³/mol. The standard InChI is InChI=1S/C32H27N5O2S/c1-36(2)32(39)29-17-16-28(40-29)24-12-14-26(15-13-24)35-30(31(38)25-6-4-3-5-7-25)27-19-34-21-37(27)20-23-10-8-22(18-33)9-11-23/h3-17,19,21,30,35H,20H2,1-2H3. The number of nitrogens with zero attached hydrogens (tertiary/aromatic N) is 4. The molecule has 3 aromatic carbocycles. The molecule has 7 nitrogen and oxygen atoms in total. The first-order chi connectivity index (χ1) is 19.4. The minimum Gasteiger partial charge on any atom is -0.370 e. The average Bonchev–Trinajstić information content (AvgIpc) is 3.67. The fraction of sp³-hybridized carbons (Fsp3) is 0.125. The van der Waals surface area contributed by atoms with Crippen LogP contribution in [0.4, 0.5) is 5.69 Å². The second kappa shape index (κ2) is 11.8. The van der Waals surface area contributed by atoms with E-state index in [0.29, 0.717) is 22.5 Å². The predicted octanol–water partition coefficient (Wildman–Crippen LogP) is 6.27. The fourth-order valence-corrected chi connectivity index (χ4v) is 5.39. The average molecular weight is 546 g/mol. The van der Waals surface area contributed by atoms with Crippen molar-refractivity contribution in [3.8, 4) is 16.5 Å². The van der Waals surface area contributed by atoms with Crippen molar-refractivity contribution in [3.05, 3.63) is 131 Å². The zero-order chi connectivity index (χ0) is 28.1. The topological polar surface area (TPSA) is 91.0 Å². The summed E-state index contributed by atoms with van der Waals surface area (Å²) in [5.74, 6) is -0.0919. The lowest BCUT2D eigenvalue weighted by atomic mass is 10.0. The number of nitriles is 1. The number of thiophene rings is 1. The highest BCUT2D eigenvalue weighted by molar-refractivity contribution is 7.17. The summed E-state index contributed by atoms with van der Waals surface area (Å²) in [6, 6.07) is 29.7. The van der Waals surface area contributed by atoms with Gasteiger partial charge >= 0.3 is 0 Å². The number of ketones is 1. The highest BCUT2D eigenvalue weighted by Gasteiger charge is 2.25. The zero-order valence-corrected chi connectivity index (χ0v) is 22.9. The van der Waals surface area contributed by atoms with Gasteiger partial charge in [0.25, 0.3) is 5.91 Å². The van der Waals surface area contributed by atoms with Gasteiger partial charge in [0.15, 0.2) is 5.78 Å². The van der Waals surface area contributed by atoms with Crippen LogP contribution in [-0.2, 0) is 6.54 Å². The van der Waals surface area contributed by atoms with E-state index in [2.05, 4.69) is 16.4 Å². The molecule has 0 aliphatic rings. The van der Waals surface area contributed by atoms with Gasteiger partial charge in [0.1, 0.15) is 6.04 Å². The molecule has 198 valence electrons.